The third-order valence-corrected chi connectivity index (χ3v) is 5.25. The van der Waals surface area contributed by atoms with E-state index in [9.17, 15) is 4.79 Å². The fraction of sp³-hybridized carbons (Fsp3) is 0.409. The first-order valence-electron chi connectivity index (χ1n) is 9.12. The SMILES string of the molecule is COc1cc(C(=O)N(Cc2ccccc2)C(C)C2CC2)cc(OC)c1C. The van der Waals surface area contributed by atoms with Gasteiger partial charge >= 0.3 is 0 Å². The summed E-state index contributed by atoms with van der Waals surface area (Å²) in [5.74, 6) is 1.96. The third kappa shape index (κ3) is 3.85. The van der Waals surface area contributed by atoms with Gasteiger partial charge < -0.3 is 14.4 Å². The molecule has 1 atom stereocenters. The molecule has 0 bridgehead atoms. The largest absolute Gasteiger partial charge is 0.496 e. The van der Waals surface area contributed by atoms with E-state index >= 15 is 0 Å². The molecule has 1 aliphatic rings. The molecule has 2 aromatic carbocycles. The topological polar surface area (TPSA) is 38.8 Å². The Morgan fingerprint density at radius 1 is 1.12 bits per heavy atom. The van der Waals surface area contributed by atoms with Gasteiger partial charge in [-0.25, -0.2) is 0 Å². The monoisotopic (exact) mass is 353 g/mol. The molecule has 3 rings (SSSR count). The lowest BCUT2D eigenvalue weighted by atomic mass is 10.1. The van der Waals surface area contributed by atoms with Crippen molar-refractivity contribution in [1.82, 2.24) is 4.90 Å². The smallest absolute Gasteiger partial charge is 0.254 e. The van der Waals surface area contributed by atoms with Crippen LogP contribution in [0.2, 0.25) is 0 Å². The molecule has 1 unspecified atom stereocenters. The third-order valence-electron chi connectivity index (χ3n) is 5.25. The van der Waals surface area contributed by atoms with Crippen molar-refractivity contribution in [2.75, 3.05) is 14.2 Å². The van der Waals surface area contributed by atoms with E-state index in [-0.39, 0.29) is 11.9 Å². The minimum absolute atomic E-state index is 0.0184. The molecule has 0 N–H and O–H groups in total. The molecule has 0 saturated heterocycles. The van der Waals surface area contributed by atoms with Gasteiger partial charge in [0, 0.05) is 23.7 Å². The van der Waals surface area contributed by atoms with Gasteiger partial charge in [0.05, 0.1) is 14.2 Å². The van der Waals surface area contributed by atoms with Crippen LogP contribution in [0.15, 0.2) is 42.5 Å². The Morgan fingerprint density at radius 3 is 2.19 bits per heavy atom. The van der Waals surface area contributed by atoms with Crippen LogP contribution in [0.3, 0.4) is 0 Å². The standard InChI is InChI=1S/C22H27NO3/c1-15-20(25-3)12-19(13-21(15)26-4)22(24)23(16(2)18-10-11-18)14-17-8-6-5-7-9-17/h5-9,12-13,16,18H,10-11,14H2,1-4H3. The van der Waals surface area contributed by atoms with E-state index in [2.05, 4.69) is 19.1 Å². The molecule has 138 valence electrons. The van der Waals surface area contributed by atoms with Crippen LogP contribution in [0.4, 0.5) is 0 Å². The maximum Gasteiger partial charge on any atom is 0.254 e. The summed E-state index contributed by atoms with van der Waals surface area (Å²) in [4.78, 5) is 15.4. The van der Waals surface area contributed by atoms with Gasteiger partial charge in [-0.2, -0.15) is 0 Å². The van der Waals surface area contributed by atoms with Gasteiger partial charge in [-0.1, -0.05) is 30.3 Å². The molecule has 1 fully saturated rings. The average molecular weight is 353 g/mol. The van der Waals surface area contributed by atoms with Crippen LogP contribution in [0.1, 0.15) is 41.3 Å². The highest BCUT2D eigenvalue weighted by molar-refractivity contribution is 5.95. The Balaban J connectivity index is 1.94. The molecule has 0 radical (unpaired) electrons. The van der Waals surface area contributed by atoms with Crippen molar-refractivity contribution in [3.8, 4) is 11.5 Å². The van der Waals surface area contributed by atoms with Gasteiger partial charge in [-0.15, -0.1) is 0 Å². The number of carbonyl (C=O) groups is 1. The normalized spacial score (nSPS) is 14.6. The number of benzene rings is 2. The molecule has 4 nitrogen and oxygen atoms in total. The summed E-state index contributed by atoms with van der Waals surface area (Å²) in [6.07, 6.45) is 2.39. The van der Waals surface area contributed by atoms with Crippen LogP contribution < -0.4 is 9.47 Å². The van der Waals surface area contributed by atoms with Crippen LogP contribution in [-0.2, 0) is 6.54 Å². The van der Waals surface area contributed by atoms with Crippen LogP contribution in [0.5, 0.6) is 11.5 Å². The molecule has 0 aromatic heterocycles. The van der Waals surface area contributed by atoms with Crippen LogP contribution in [0.25, 0.3) is 0 Å². The summed E-state index contributed by atoms with van der Waals surface area (Å²) in [5, 5.41) is 0. The summed E-state index contributed by atoms with van der Waals surface area (Å²) in [7, 11) is 3.23. The number of hydrogen-bond acceptors (Lipinski definition) is 3. The highest BCUT2D eigenvalue weighted by atomic mass is 16.5. The summed E-state index contributed by atoms with van der Waals surface area (Å²) < 4.78 is 10.9. The molecule has 1 amide bonds. The second-order valence-electron chi connectivity index (χ2n) is 7.00. The second-order valence-corrected chi connectivity index (χ2v) is 7.00. The van der Waals surface area contributed by atoms with E-state index in [1.165, 1.54) is 12.8 Å². The van der Waals surface area contributed by atoms with Gasteiger partial charge in [0.1, 0.15) is 11.5 Å². The van der Waals surface area contributed by atoms with E-state index in [1.54, 1.807) is 14.2 Å². The average Bonchev–Trinajstić information content (AvgIpc) is 3.51. The second kappa shape index (κ2) is 7.81. The summed E-state index contributed by atoms with van der Waals surface area (Å²) in [6, 6.07) is 14.0. The summed E-state index contributed by atoms with van der Waals surface area (Å²) in [5.41, 5.74) is 2.64. The zero-order valence-corrected chi connectivity index (χ0v) is 16.0. The van der Waals surface area contributed by atoms with Crippen molar-refractivity contribution in [1.29, 1.82) is 0 Å². The molecule has 0 heterocycles. The van der Waals surface area contributed by atoms with E-state index < -0.39 is 0 Å². The zero-order valence-electron chi connectivity index (χ0n) is 16.0. The minimum atomic E-state index is 0.0184. The number of hydrogen-bond donors (Lipinski definition) is 0. The number of amides is 1. The number of methoxy groups -OCH3 is 2. The number of rotatable bonds is 7. The number of carbonyl (C=O) groups excluding carboxylic acids is 1. The minimum Gasteiger partial charge on any atom is -0.496 e. The van der Waals surface area contributed by atoms with Crippen molar-refractivity contribution < 1.29 is 14.3 Å². The molecule has 0 aliphatic heterocycles. The van der Waals surface area contributed by atoms with Gasteiger partial charge in [-0.3, -0.25) is 4.79 Å². The molecule has 1 saturated carbocycles. The molecule has 26 heavy (non-hydrogen) atoms. The Morgan fingerprint density at radius 2 is 1.69 bits per heavy atom. The molecule has 0 spiro atoms. The first-order valence-corrected chi connectivity index (χ1v) is 9.12. The molecule has 1 aliphatic carbocycles. The fourth-order valence-corrected chi connectivity index (χ4v) is 3.39. The van der Waals surface area contributed by atoms with Crippen molar-refractivity contribution in [2.24, 2.45) is 5.92 Å². The first kappa shape index (κ1) is 18.3. The first-order chi connectivity index (χ1) is 12.5. The molecular formula is C22H27NO3. The van der Waals surface area contributed by atoms with Crippen LogP contribution in [0, 0.1) is 12.8 Å². The van der Waals surface area contributed by atoms with Gasteiger partial charge in [0.15, 0.2) is 0 Å². The van der Waals surface area contributed by atoms with Crippen molar-refractivity contribution in [3.63, 3.8) is 0 Å². The molecular weight excluding hydrogens is 326 g/mol. The quantitative estimate of drug-likeness (QED) is 0.738. The van der Waals surface area contributed by atoms with E-state index in [4.69, 9.17) is 9.47 Å². The van der Waals surface area contributed by atoms with Crippen molar-refractivity contribution in [2.45, 2.75) is 39.3 Å². The summed E-state index contributed by atoms with van der Waals surface area (Å²) >= 11 is 0. The lowest BCUT2D eigenvalue weighted by Gasteiger charge is -2.30. The van der Waals surface area contributed by atoms with E-state index in [0.29, 0.717) is 29.5 Å². The van der Waals surface area contributed by atoms with Gasteiger partial charge in [-0.05, 0) is 50.3 Å². The molecule has 2 aromatic rings. The Labute approximate surface area is 155 Å². The molecule has 4 heteroatoms. The lowest BCUT2D eigenvalue weighted by molar-refractivity contribution is 0.0653. The number of nitrogens with zero attached hydrogens (tertiary/aromatic N) is 1. The predicted molar refractivity (Wildman–Crippen MR) is 103 cm³/mol. The van der Waals surface area contributed by atoms with E-state index in [0.717, 1.165) is 11.1 Å². The van der Waals surface area contributed by atoms with Crippen LogP contribution in [-0.4, -0.2) is 31.1 Å². The van der Waals surface area contributed by atoms with Gasteiger partial charge in [0.2, 0.25) is 0 Å². The van der Waals surface area contributed by atoms with Gasteiger partial charge in [0.25, 0.3) is 5.91 Å². The van der Waals surface area contributed by atoms with Crippen molar-refractivity contribution in [3.05, 3.63) is 59.2 Å². The van der Waals surface area contributed by atoms with Crippen molar-refractivity contribution >= 4 is 5.91 Å². The maximum absolute atomic E-state index is 13.4. The van der Waals surface area contributed by atoms with E-state index in [1.807, 2.05) is 42.2 Å². The van der Waals surface area contributed by atoms with Crippen LogP contribution >= 0.6 is 0 Å². The summed E-state index contributed by atoms with van der Waals surface area (Å²) in [6.45, 7) is 4.69. The lowest BCUT2D eigenvalue weighted by Crippen LogP contribution is -2.39. The number of ether oxygens (including phenoxy) is 2. The maximum atomic E-state index is 13.4. The Hall–Kier alpha value is -2.49. The highest BCUT2D eigenvalue weighted by Gasteiger charge is 2.35. The highest BCUT2D eigenvalue weighted by Crippen LogP contribution is 2.37. The zero-order chi connectivity index (χ0) is 18.7. The Bertz CT molecular complexity index is 743. The Kier molecular flexibility index (Phi) is 5.50. The predicted octanol–water partition coefficient (Wildman–Crippen LogP) is 4.45. The fourth-order valence-electron chi connectivity index (χ4n) is 3.39.